The second-order valence-electron chi connectivity index (χ2n) is 8.70. The number of amides is 2. The van der Waals surface area contributed by atoms with Crippen LogP contribution in [0.25, 0.3) is 0 Å². The molecule has 1 unspecified atom stereocenters. The second-order valence-corrected chi connectivity index (χ2v) is 8.70. The van der Waals surface area contributed by atoms with Crippen molar-refractivity contribution >= 4 is 11.8 Å². The molecule has 1 saturated carbocycles. The topological polar surface area (TPSA) is 93.9 Å². The van der Waals surface area contributed by atoms with Gasteiger partial charge >= 0.3 is 0 Å². The first-order valence-corrected chi connectivity index (χ1v) is 12.1. The average Bonchev–Trinajstić information content (AvgIpc) is 2.76. The van der Waals surface area contributed by atoms with Gasteiger partial charge in [-0.2, -0.15) is 0 Å². The highest BCUT2D eigenvalue weighted by molar-refractivity contribution is 5.80. The number of carbonyl (C=O) groups excluding carboxylic acids is 2. The Balaban J connectivity index is 1.60. The molecule has 0 spiro atoms. The molecule has 0 aromatic rings. The van der Waals surface area contributed by atoms with Crippen LogP contribution in [0.2, 0.25) is 0 Å². The Morgan fingerprint density at radius 2 is 1.67 bits per heavy atom. The van der Waals surface area contributed by atoms with Crippen molar-refractivity contribution in [1.29, 1.82) is 0 Å². The zero-order valence-electron chi connectivity index (χ0n) is 18.7. The zero-order valence-corrected chi connectivity index (χ0v) is 18.7. The fourth-order valence-corrected chi connectivity index (χ4v) is 4.66. The maximum atomic E-state index is 12.8. The number of likely N-dealkylation sites (tertiary alicyclic amines) is 1. The van der Waals surface area contributed by atoms with E-state index in [1.54, 1.807) is 0 Å². The average molecular weight is 426 g/mol. The van der Waals surface area contributed by atoms with Crippen molar-refractivity contribution in [2.75, 3.05) is 46.1 Å². The van der Waals surface area contributed by atoms with E-state index in [9.17, 15) is 9.59 Å². The van der Waals surface area contributed by atoms with Crippen LogP contribution in [0.5, 0.6) is 0 Å². The van der Waals surface area contributed by atoms with Gasteiger partial charge in [-0.3, -0.25) is 9.59 Å². The molecule has 1 aliphatic carbocycles. The first-order valence-electron chi connectivity index (χ1n) is 12.1. The standard InChI is InChI=1S/C23H43N3O4/c24-12-15-29-17-18-30-16-13-25-22(27)19-21-10-4-5-14-26(21)23(28)11-6-9-20-7-2-1-3-8-20/h20-21H,1-19,24H2,(H,25,27). The Labute approximate surface area is 182 Å². The normalized spacial score (nSPS) is 20.3. The molecular weight excluding hydrogens is 382 g/mol. The van der Waals surface area contributed by atoms with E-state index in [1.807, 2.05) is 4.90 Å². The van der Waals surface area contributed by atoms with Gasteiger partial charge in [-0.25, -0.2) is 0 Å². The SMILES string of the molecule is NCCOCCOCCNC(=O)CC1CCCCN1C(=O)CCCC1CCCCC1. The number of nitrogens with one attached hydrogen (secondary N) is 1. The summed E-state index contributed by atoms with van der Waals surface area (Å²) in [5.74, 6) is 1.07. The van der Waals surface area contributed by atoms with Gasteiger partial charge in [0.15, 0.2) is 0 Å². The van der Waals surface area contributed by atoms with Crippen LogP contribution in [-0.2, 0) is 19.1 Å². The number of rotatable bonds is 14. The fourth-order valence-electron chi connectivity index (χ4n) is 4.66. The van der Waals surface area contributed by atoms with Crippen LogP contribution in [0.4, 0.5) is 0 Å². The Bertz CT molecular complexity index is 483. The predicted octanol–water partition coefficient (Wildman–Crippen LogP) is 2.62. The zero-order chi connectivity index (χ0) is 21.4. The molecule has 3 N–H and O–H groups in total. The van der Waals surface area contributed by atoms with Gasteiger partial charge in [0.2, 0.25) is 11.8 Å². The molecule has 2 rings (SSSR count). The van der Waals surface area contributed by atoms with Gasteiger partial charge in [0.25, 0.3) is 0 Å². The Morgan fingerprint density at radius 3 is 2.43 bits per heavy atom. The highest BCUT2D eigenvalue weighted by atomic mass is 16.5. The summed E-state index contributed by atoms with van der Waals surface area (Å²) >= 11 is 0. The van der Waals surface area contributed by atoms with Gasteiger partial charge in [0.05, 0.1) is 26.4 Å². The molecule has 7 nitrogen and oxygen atoms in total. The van der Waals surface area contributed by atoms with Crippen LogP contribution >= 0.6 is 0 Å². The Morgan fingerprint density at radius 1 is 0.933 bits per heavy atom. The van der Waals surface area contributed by atoms with Crippen LogP contribution in [0.1, 0.15) is 77.0 Å². The van der Waals surface area contributed by atoms with Crippen LogP contribution in [0, 0.1) is 5.92 Å². The van der Waals surface area contributed by atoms with Gasteiger partial charge in [-0.15, -0.1) is 0 Å². The summed E-state index contributed by atoms with van der Waals surface area (Å²) in [6.45, 7) is 3.82. The number of nitrogens with two attached hydrogens (primary N) is 1. The van der Waals surface area contributed by atoms with Gasteiger partial charge in [-0.05, 0) is 38.0 Å². The van der Waals surface area contributed by atoms with Gasteiger partial charge in [-0.1, -0.05) is 32.1 Å². The van der Waals surface area contributed by atoms with Crippen molar-refractivity contribution in [3.8, 4) is 0 Å². The quantitative estimate of drug-likeness (QED) is 0.417. The molecule has 30 heavy (non-hydrogen) atoms. The van der Waals surface area contributed by atoms with Gasteiger partial charge in [0, 0.05) is 38.5 Å². The number of piperidine rings is 1. The van der Waals surface area contributed by atoms with Crippen LogP contribution in [0.3, 0.4) is 0 Å². The third-order valence-corrected chi connectivity index (χ3v) is 6.30. The molecular formula is C23H43N3O4. The van der Waals surface area contributed by atoms with E-state index in [1.165, 1.54) is 38.5 Å². The van der Waals surface area contributed by atoms with Crippen molar-refractivity contribution in [2.24, 2.45) is 11.7 Å². The summed E-state index contributed by atoms with van der Waals surface area (Å²) in [4.78, 5) is 27.1. The summed E-state index contributed by atoms with van der Waals surface area (Å²) < 4.78 is 10.7. The van der Waals surface area contributed by atoms with Crippen molar-refractivity contribution in [1.82, 2.24) is 10.2 Å². The predicted molar refractivity (Wildman–Crippen MR) is 118 cm³/mol. The number of nitrogens with zero attached hydrogens (tertiary/aromatic N) is 1. The molecule has 1 saturated heterocycles. The fraction of sp³-hybridized carbons (Fsp3) is 0.913. The van der Waals surface area contributed by atoms with E-state index in [4.69, 9.17) is 15.2 Å². The Hall–Kier alpha value is -1.18. The molecule has 0 aromatic heterocycles. The minimum Gasteiger partial charge on any atom is -0.378 e. The van der Waals surface area contributed by atoms with E-state index >= 15 is 0 Å². The van der Waals surface area contributed by atoms with E-state index in [0.717, 1.165) is 38.1 Å². The summed E-state index contributed by atoms with van der Waals surface area (Å²) in [5.41, 5.74) is 5.35. The van der Waals surface area contributed by atoms with Crippen molar-refractivity contribution in [2.45, 2.75) is 83.1 Å². The molecule has 0 bridgehead atoms. The molecule has 1 aliphatic heterocycles. The summed E-state index contributed by atoms with van der Waals surface area (Å²) in [5, 5.41) is 2.91. The number of hydrogen-bond donors (Lipinski definition) is 2. The molecule has 0 radical (unpaired) electrons. The first-order chi connectivity index (χ1) is 14.7. The lowest BCUT2D eigenvalue weighted by molar-refractivity contribution is -0.136. The third-order valence-electron chi connectivity index (χ3n) is 6.30. The number of carbonyl (C=O) groups is 2. The molecule has 7 heteroatoms. The van der Waals surface area contributed by atoms with Crippen LogP contribution < -0.4 is 11.1 Å². The van der Waals surface area contributed by atoms with E-state index in [-0.39, 0.29) is 17.9 Å². The monoisotopic (exact) mass is 425 g/mol. The molecule has 2 aliphatic rings. The van der Waals surface area contributed by atoms with Crippen LogP contribution in [0.15, 0.2) is 0 Å². The molecule has 0 aromatic carbocycles. The minimum absolute atomic E-state index is 0.00453. The maximum Gasteiger partial charge on any atom is 0.222 e. The molecule has 1 heterocycles. The number of hydrogen-bond acceptors (Lipinski definition) is 5. The van der Waals surface area contributed by atoms with Crippen molar-refractivity contribution in [3.63, 3.8) is 0 Å². The van der Waals surface area contributed by atoms with Gasteiger partial charge < -0.3 is 25.4 Å². The lowest BCUT2D eigenvalue weighted by Crippen LogP contribution is -2.46. The minimum atomic E-state index is 0.00453. The Kier molecular flexibility index (Phi) is 13.0. The largest absolute Gasteiger partial charge is 0.378 e. The molecule has 1 atom stereocenters. The van der Waals surface area contributed by atoms with E-state index in [0.29, 0.717) is 52.4 Å². The summed E-state index contributed by atoms with van der Waals surface area (Å²) in [6, 6.07) is 0.0477. The summed E-state index contributed by atoms with van der Waals surface area (Å²) in [6.07, 6.45) is 13.0. The molecule has 2 amide bonds. The maximum absolute atomic E-state index is 12.8. The molecule has 174 valence electrons. The van der Waals surface area contributed by atoms with Gasteiger partial charge in [0.1, 0.15) is 0 Å². The highest BCUT2D eigenvalue weighted by Crippen LogP contribution is 2.28. The van der Waals surface area contributed by atoms with Crippen molar-refractivity contribution in [3.05, 3.63) is 0 Å². The van der Waals surface area contributed by atoms with Crippen LogP contribution in [-0.4, -0.2) is 68.8 Å². The lowest BCUT2D eigenvalue weighted by Gasteiger charge is -2.35. The third kappa shape index (κ3) is 10.2. The molecule has 2 fully saturated rings. The number of ether oxygens (including phenoxy) is 2. The van der Waals surface area contributed by atoms with E-state index < -0.39 is 0 Å². The first kappa shape index (κ1) is 25.1. The lowest BCUT2D eigenvalue weighted by atomic mass is 9.85. The smallest absolute Gasteiger partial charge is 0.222 e. The second kappa shape index (κ2) is 15.6. The van der Waals surface area contributed by atoms with E-state index in [2.05, 4.69) is 5.32 Å². The van der Waals surface area contributed by atoms with Crippen molar-refractivity contribution < 1.29 is 19.1 Å². The summed E-state index contributed by atoms with van der Waals surface area (Å²) in [7, 11) is 0. The highest BCUT2D eigenvalue weighted by Gasteiger charge is 2.28.